The highest BCUT2D eigenvalue weighted by Crippen LogP contribution is 2.48. The van der Waals surface area contributed by atoms with E-state index in [2.05, 4.69) is 5.32 Å². The zero-order valence-corrected chi connectivity index (χ0v) is 13.6. The number of alkyl carbamates (subject to hydrolysis) is 1. The van der Waals surface area contributed by atoms with Gasteiger partial charge in [-0.2, -0.15) is 0 Å². The van der Waals surface area contributed by atoms with Crippen molar-refractivity contribution in [1.82, 2.24) is 5.32 Å². The quantitative estimate of drug-likeness (QED) is 0.792. The maximum atomic E-state index is 11.7. The molecule has 6 heteroatoms. The van der Waals surface area contributed by atoms with Gasteiger partial charge in [0.05, 0.1) is 11.2 Å². The fourth-order valence-electron chi connectivity index (χ4n) is 2.20. The van der Waals surface area contributed by atoms with Crippen LogP contribution in [0.1, 0.15) is 54.9 Å². The molecule has 1 saturated carbocycles. The predicted octanol–water partition coefficient (Wildman–Crippen LogP) is 2.75. The largest absolute Gasteiger partial charge is 0.463 e. The van der Waals surface area contributed by atoms with Crippen molar-refractivity contribution in [1.29, 1.82) is 0 Å². The fourth-order valence-corrected chi connectivity index (χ4v) is 2.20. The molecule has 1 saturated heterocycles. The molecule has 1 amide bonds. The predicted molar refractivity (Wildman–Crippen MR) is 77.6 cm³/mol. The Kier molecular flexibility index (Phi) is 3.62. The second-order valence-electron chi connectivity index (χ2n) is 7.78. The maximum Gasteiger partial charge on any atom is 0.463 e. The van der Waals surface area contributed by atoms with Crippen molar-refractivity contribution >= 4 is 13.2 Å². The molecule has 0 radical (unpaired) electrons. The van der Waals surface area contributed by atoms with E-state index in [1.54, 1.807) is 0 Å². The molecular formula is C14H26BNO4. The molecule has 2 rings (SSSR count). The normalized spacial score (nSPS) is 31.1. The lowest BCUT2D eigenvalue weighted by molar-refractivity contribution is 0.00578. The van der Waals surface area contributed by atoms with Gasteiger partial charge in [0.2, 0.25) is 0 Å². The van der Waals surface area contributed by atoms with Crippen molar-refractivity contribution in [3.63, 3.8) is 0 Å². The third-order valence-electron chi connectivity index (χ3n) is 4.16. The van der Waals surface area contributed by atoms with Crippen LogP contribution < -0.4 is 5.32 Å². The number of carbonyl (C=O) groups is 1. The van der Waals surface area contributed by atoms with Crippen LogP contribution in [0.25, 0.3) is 0 Å². The second kappa shape index (κ2) is 4.63. The highest BCUT2D eigenvalue weighted by Gasteiger charge is 2.60. The Morgan fingerprint density at radius 1 is 1.20 bits per heavy atom. The van der Waals surface area contributed by atoms with Crippen LogP contribution in [0.4, 0.5) is 4.79 Å². The van der Waals surface area contributed by atoms with Crippen molar-refractivity contribution in [3.05, 3.63) is 0 Å². The van der Waals surface area contributed by atoms with Gasteiger partial charge in [0.25, 0.3) is 0 Å². The van der Waals surface area contributed by atoms with Gasteiger partial charge < -0.3 is 19.4 Å². The summed E-state index contributed by atoms with van der Waals surface area (Å²) in [5.41, 5.74) is -1.12. The smallest absolute Gasteiger partial charge is 0.444 e. The van der Waals surface area contributed by atoms with Crippen LogP contribution in [-0.4, -0.2) is 36.1 Å². The highest BCUT2D eigenvalue weighted by atomic mass is 16.7. The third kappa shape index (κ3) is 3.28. The van der Waals surface area contributed by atoms with Crippen LogP contribution in [0.5, 0.6) is 0 Å². The molecule has 114 valence electrons. The van der Waals surface area contributed by atoms with Gasteiger partial charge in [-0.15, -0.1) is 0 Å². The van der Waals surface area contributed by atoms with E-state index < -0.39 is 5.60 Å². The number of nitrogens with one attached hydrogen (secondary N) is 1. The van der Waals surface area contributed by atoms with E-state index in [4.69, 9.17) is 14.0 Å². The molecule has 0 aromatic rings. The van der Waals surface area contributed by atoms with Crippen LogP contribution in [-0.2, 0) is 14.0 Å². The van der Waals surface area contributed by atoms with Crippen molar-refractivity contribution in [3.8, 4) is 0 Å². The zero-order chi connectivity index (χ0) is 15.3. The molecule has 0 spiro atoms. The summed E-state index contributed by atoms with van der Waals surface area (Å²) in [6.45, 7) is 13.7. The SMILES string of the molecule is CC(C)(C)OC(=O)NC1CC1B1OC(C)(C)C(C)(C)O1. The Morgan fingerprint density at radius 3 is 2.15 bits per heavy atom. The molecule has 0 aromatic heterocycles. The van der Waals surface area contributed by atoms with Gasteiger partial charge in [-0.3, -0.25) is 0 Å². The summed E-state index contributed by atoms with van der Waals surface area (Å²) in [7, 11) is -0.250. The first-order valence-electron chi connectivity index (χ1n) is 7.26. The summed E-state index contributed by atoms with van der Waals surface area (Å²) < 4.78 is 17.2. The summed E-state index contributed by atoms with van der Waals surface area (Å²) in [4.78, 5) is 11.7. The number of hydrogen-bond donors (Lipinski definition) is 1. The topological polar surface area (TPSA) is 56.8 Å². The number of carbonyl (C=O) groups excluding carboxylic acids is 1. The molecular weight excluding hydrogens is 257 g/mol. The fraction of sp³-hybridized carbons (Fsp3) is 0.929. The first-order chi connectivity index (χ1) is 8.91. The third-order valence-corrected chi connectivity index (χ3v) is 4.16. The van der Waals surface area contributed by atoms with Crippen molar-refractivity contribution in [2.75, 3.05) is 0 Å². The average molecular weight is 283 g/mol. The molecule has 2 unspecified atom stereocenters. The van der Waals surface area contributed by atoms with Crippen LogP contribution in [0.3, 0.4) is 0 Å². The van der Waals surface area contributed by atoms with Crippen molar-refractivity contribution in [2.24, 2.45) is 0 Å². The van der Waals surface area contributed by atoms with E-state index in [0.717, 1.165) is 6.42 Å². The molecule has 2 fully saturated rings. The summed E-state index contributed by atoms with van der Waals surface area (Å²) in [5.74, 6) is 0.212. The molecule has 2 atom stereocenters. The molecule has 1 aliphatic heterocycles. The lowest BCUT2D eigenvalue weighted by atomic mass is 9.82. The van der Waals surface area contributed by atoms with Crippen molar-refractivity contribution < 1.29 is 18.8 Å². The summed E-state index contributed by atoms with van der Waals surface area (Å²) >= 11 is 0. The molecule has 5 nitrogen and oxygen atoms in total. The summed E-state index contributed by atoms with van der Waals surface area (Å²) in [6, 6.07) is 0.0829. The lowest BCUT2D eigenvalue weighted by Crippen LogP contribution is -2.41. The van der Waals surface area contributed by atoms with Gasteiger partial charge in [-0.05, 0) is 54.9 Å². The molecule has 0 bridgehead atoms. The van der Waals surface area contributed by atoms with Gasteiger partial charge in [0.15, 0.2) is 0 Å². The van der Waals surface area contributed by atoms with Crippen molar-refractivity contribution in [2.45, 2.75) is 83.5 Å². The Labute approximate surface area is 121 Å². The van der Waals surface area contributed by atoms with Crippen LogP contribution in [0, 0.1) is 0 Å². The van der Waals surface area contributed by atoms with Gasteiger partial charge in [-0.25, -0.2) is 4.79 Å². The van der Waals surface area contributed by atoms with E-state index in [9.17, 15) is 4.79 Å². The first kappa shape index (κ1) is 15.6. The molecule has 20 heavy (non-hydrogen) atoms. The molecule has 2 aliphatic rings. The highest BCUT2D eigenvalue weighted by molar-refractivity contribution is 6.49. The van der Waals surface area contributed by atoms with E-state index in [1.807, 2.05) is 48.5 Å². The van der Waals surface area contributed by atoms with E-state index in [0.29, 0.717) is 0 Å². The Balaban J connectivity index is 1.83. The van der Waals surface area contributed by atoms with Crippen LogP contribution >= 0.6 is 0 Å². The lowest BCUT2D eigenvalue weighted by Gasteiger charge is -2.32. The Bertz CT molecular complexity index is 386. The maximum absolute atomic E-state index is 11.7. The number of amides is 1. The van der Waals surface area contributed by atoms with Crippen LogP contribution in [0.15, 0.2) is 0 Å². The minimum atomic E-state index is -0.473. The van der Waals surface area contributed by atoms with Gasteiger partial charge in [0, 0.05) is 11.9 Å². The van der Waals surface area contributed by atoms with Gasteiger partial charge in [-0.1, -0.05) is 0 Å². The molecule has 1 heterocycles. The van der Waals surface area contributed by atoms with E-state index >= 15 is 0 Å². The van der Waals surface area contributed by atoms with Gasteiger partial charge >= 0.3 is 13.2 Å². The summed E-state index contributed by atoms with van der Waals surface area (Å²) in [6.07, 6.45) is 0.498. The minimum Gasteiger partial charge on any atom is -0.444 e. The van der Waals surface area contributed by atoms with E-state index in [1.165, 1.54) is 0 Å². The Hall–Kier alpha value is -0.745. The number of ether oxygens (including phenoxy) is 1. The number of rotatable bonds is 2. The Morgan fingerprint density at radius 2 is 1.70 bits per heavy atom. The second-order valence-corrected chi connectivity index (χ2v) is 7.78. The monoisotopic (exact) mass is 283 g/mol. The van der Waals surface area contributed by atoms with E-state index in [-0.39, 0.29) is 36.3 Å². The molecule has 1 aliphatic carbocycles. The first-order valence-corrected chi connectivity index (χ1v) is 7.26. The van der Waals surface area contributed by atoms with Gasteiger partial charge in [0.1, 0.15) is 5.60 Å². The molecule has 0 aromatic carbocycles. The zero-order valence-electron chi connectivity index (χ0n) is 13.6. The standard InChI is InChI=1S/C14H26BNO4/c1-12(2,3)18-11(17)16-10-8-9(10)15-19-13(4,5)14(6,7)20-15/h9-10H,8H2,1-7H3,(H,16,17). The minimum absolute atomic E-state index is 0.0829. The van der Waals surface area contributed by atoms with Crippen LogP contribution in [0.2, 0.25) is 5.82 Å². The average Bonchev–Trinajstić information content (AvgIpc) is 2.86. The number of hydrogen-bond acceptors (Lipinski definition) is 4. The molecule has 1 N–H and O–H groups in total. The summed E-state index contributed by atoms with van der Waals surface area (Å²) in [5, 5.41) is 2.87.